The lowest BCUT2D eigenvalue weighted by Crippen LogP contribution is -2.08. The first-order valence-corrected chi connectivity index (χ1v) is 8.85. The second-order valence-electron chi connectivity index (χ2n) is 6.78. The smallest absolute Gasteiger partial charge is 0.171 e. The van der Waals surface area contributed by atoms with Crippen LogP contribution in [0.3, 0.4) is 0 Å². The first-order valence-electron chi connectivity index (χ1n) is 10.4. The number of aryl methyl sites for hydroxylation is 1. The van der Waals surface area contributed by atoms with Gasteiger partial charge in [-0.2, -0.15) is 0 Å². The number of ketones is 1. The predicted octanol–water partition coefficient (Wildman–Crippen LogP) is 4.82. The maximum absolute atomic E-state index is 14.6. The summed E-state index contributed by atoms with van der Waals surface area (Å²) in [6.45, 7) is 3.26. The van der Waals surface area contributed by atoms with E-state index >= 15 is 0 Å². The van der Waals surface area contributed by atoms with Gasteiger partial charge in [0.05, 0.1) is 28.0 Å². The number of fused-ring (bicyclic) bond motifs is 1. The molecule has 0 saturated carbocycles. The molecule has 140 valence electrons. The van der Waals surface area contributed by atoms with E-state index < -0.39 is 29.2 Å². The fraction of sp³-hybridized carbons (Fsp3) is 0.174. The van der Waals surface area contributed by atoms with Gasteiger partial charge in [0.15, 0.2) is 5.78 Å². The average Bonchev–Trinajstić information content (AvgIpc) is 3.09. The zero-order chi connectivity index (χ0) is 22.4. The number of carbonyl (C=O) groups is 1. The van der Waals surface area contributed by atoms with Crippen molar-refractivity contribution in [3.8, 4) is 11.3 Å². The minimum atomic E-state index is -0.911. The van der Waals surface area contributed by atoms with E-state index in [2.05, 4.69) is 9.97 Å². The monoisotopic (exact) mass is 376 g/mol. The second-order valence-corrected chi connectivity index (χ2v) is 6.78. The van der Waals surface area contributed by atoms with Crippen LogP contribution in [0.2, 0.25) is 0 Å². The predicted molar refractivity (Wildman–Crippen MR) is 108 cm³/mol. The molecule has 4 rings (SSSR count). The van der Waals surface area contributed by atoms with E-state index in [1.807, 2.05) is 36.7 Å². The summed E-state index contributed by atoms with van der Waals surface area (Å²) in [5, 5.41) is 1.77. The summed E-state index contributed by atoms with van der Waals surface area (Å²) in [6, 6.07) is 6.29. The van der Waals surface area contributed by atoms with Crippen molar-refractivity contribution in [3.63, 3.8) is 0 Å². The van der Waals surface area contributed by atoms with Crippen molar-refractivity contribution in [2.24, 2.45) is 7.05 Å². The van der Waals surface area contributed by atoms with Gasteiger partial charge in [0.25, 0.3) is 0 Å². The van der Waals surface area contributed by atoms with E-state index in [9.17, 15) is 9.18 Å². The maximum Gasteiger partial charge on any atom is 0.171 e. The van der Waals surface area contributed by atoms with Crippen molar-refractivity contribution in [2.45, 2.75) is 20.3 Å². The molecule has 5 heteroatoms. The summed E-state index contributed by atoms with van der Waals surface area (Å²) in [4.78, 5) is 21.4. The molecule has 2 heterocycles. The Morgan fingerprint density at radius 2 is 1.96 bits per heavy atom. The Bertz CT molecular complexity index is 1340. The van der Waals surface area contributed by atoms with Crippen molar-refractivity contribution in [2.75, 3.05) is 0 Å². The van der Waals surface area contributed by atoms with E-state index in [1.54, 1.807) is 18.5 Å². The van der Waals surface area contributed by atoms with Crippen LogP contribution >= 0.6 is 0 Å². The molecule has 0 aliphatic carbocycles. The fourth-order valence-corrected chi connectivity index (χ4v) is 3.14. The number of rotatable bonds is 4. The topological polar surface area (TPSA) is 47.8 Å². The maximum atomic E-state index is 14.6. The van der Waals surface area contributed by atoms with Gasteiger partial charge in [-0.05, 0) is 43.0 Å². The Hall–Kier alpha value is -3.34. The van der Waals surface area contributed by atoms with Gasteiger partial charge in [-0.25, -0.2) is 9.37 Å². The first kappa shape index (κ1) is 14.7. The standard InChI is InChI=1S/C23H20FN3O/c1-14-5-4-6-20(23(14)24)22(28)11-19-10-18-9-16(7-8-17(18)12-26-19)21-13-25-15(2)27(21)3/h4-10,12-13H,11H2,1-3H3/i4D,5D,6D. The van der Waals surface area contributed by atoms with Crippen LogP contribution < -0.4 is 0 Å². The van der Waals surface area contributed by atoms with Gasteiger partial charge in [-0.1, -0.05) is 24.2 Å². The van der Waals surface area contributed by atoms with E-state index in [0.717, 1.165) is 27.9 Å². The van der Waals surface area contributed by atoms with Crippen molar-refractivity contribution in [1.82, 2.24) is 14.5 Å². The highest BCUT2D eigenvalue weighted by Crippen LogP contribution is 2.25. The molecule has 0 bridgehead atoms. The third kappa shape index (κ3) is 3.20. The van der Waals surface area contributed by atoms with Crippen LogP contribution in [0.25, 0.3) is 22.0 Å². The highest BCUT2D eigenvalue weighted by Gasteiger charge is 2.15. The number of benzene rings is 2. The third-order valence-electron chi connectivity index (χ3n) is 4.90. The number of pyridine rings is 1. The largest absolute Gasteiger partial charge is 0.331 e. The van der Waals surface area contributed by atoms with E-state index in [-0.39, 0.29) is 18.0 Å². The van der Waals surface area contributed by atoms with Crippen molar-refractivity contribution in [3.05, 3.63) is 83.2 Å². The van der Waals surface area contributed by atoms with Crippen LogP contribution in [-0.2, 0) is 13.5 Å². The Kier molecular flexibility index (Phi) is 3.67. The van der Waals surface area contributed by atoms with Crippen molar-refractivity contribution < 1.29 is 13.3 Å². The third-order valence-corrected chi connectivity index (χ3v) is 4.90. The van der Waals surface area contributed by atoms with Crippen LogP contribution in [0.1, 0.15) is 31.6 Å². The van der Waals surface area contributed by atoms with Crippen LogP contribution in [0.15, 0.2) is 54.8 Å². The molecule has 0 N–H and O–H groups in total. The van der Waals surface area contributed by atoms with Crippen LogP contribution in [0.4, 0.5) is 4.39 Å². The number of hydrogen-bond donors (Lipinski definition) is 0. The van der Waals surface area contributed by atoms with Gasteiger partial charge in [0.2, 0.25) is 0 Å². The van der Waals surface area contributed by atoms with E-state index in [0.29, 0.717) is 5.69 Å². The normalized spacial score (nSPS) is 12.6. The van der Waals surface area contributed by atoms with Crippen LogP contribution in [0, 0.1) is 19.7 Å². The zero-order valence-corrected chi connectivity index (χ0v) is 15.8. The van der Waals surface area contributed by atoms with Gasteiger partial charge >= 0.3 is 0 Å². The summed E-state index contributed by atoms with van der Waals surface area (Å²) in [5.74, 6) is -0.651. The lowest BCUT2D eigenvalue weighted by molar-refractivity contribution is 0.0988. The fourth-order valence-electron chi connectivity index (χ4n) is 3.14. The first-order chi connectivity index (χ1) is 14.7. The lowest BCUT2D eigenvalue weighted by atomic mass is 10.0. The number of nitrogens with zero attached hydrogens (tertiary/aromatic N) is 3. The van der Waals surface area contributed by atoms with E-state index in [1.165, 1.54) is 6.92 Å². The molecule has 4 nitrogen and oxygen atoms in total. The average molecular weight is 376 g/mol. The molecular weight excluding hydrogens is 353 g/mol. The Morgan fingerprint density at radius 1 is 1.14 bits per heavy atom. The minimum Gasteiger partial charge on any atom is -0.331 e. The zero-order valence-electron chi connectivity index (χ0n) is 18.8. The van der Waals surface area contributed by atoms with Gasteiger partial charge in [0.1, 0.15) is 11.6 Å². The second kappa shape index (κ2) is 7.00. The molecule has 0 aliphatic rings. The van der Waals surface area contributed by atoms with Crippen LogP contribution in [-0.4, -0.2) is 20.3 Å². The van der Waals surface area contributed by atoms with Gasteiger partial charge in [-0.15, -0.1) is 0 Å². The Labute approximate surface area is 166 Å². The molecule has 28 heavy (non-hydrogen) atoms. The molecule has 0 saturated heterocycles. The number of imidazole rings is 1. The summed E-state index contributed by atoms with van der Waals surface area (Å²) in [6.07, 6.45) is 3.25. The van der Waals surface area contributed by atoms with Gasteiger partial charge in [0, 0.05) is 29.9 Å². The van der Waals surface area contributed by atoms with Gasteiger partial charge < -0.3 is 4.57 Å². The molecule has 0 atom stereocenters. The number of hydrogen-bond acceptors (Lipinski definition) is 3. The van der Waals surface area contributed by atoms with Crippen molar-refractivity contribution in [1.29, 1.82) is 0 Å². The highest BCUT2D eigenvalue weighted by molar-refractivity contribution is 5.98. The number of halogens is 1. The molecule has 0 fully saturated rings. The SMILES string of the molecule is [2H]c1c([2H])c(C)c(F)c(C(=O)Cc2cc3cc(-c4cnc(C)n4C)ccc3cn2)c1[2H]. The molecule has 0 spiro atoms. The molecule has 0 amide bonds. The number of Topliss-reactive ketones (excluding diaryl/α,β-unsaturated/α-hetero) is 1. The molecule has 0 aliphatic heterocycles. The summed E-state index contributed by atoms with van der Waals surface area (Å²) < 4.78 is 40.1. The summed E-state index contributed by atoms with van der Waals surface area (Å²) in [5.41, 5.74) is 1.81. The Morgan fingerprint density at radius 3 is 2.71 bits per heavy atom. The molecule has 4 aromatic rings. The molecule has 2 aromatic heterocycles. The quantitative estimate of drug-likeness (QED) is 0.480. The Balaban J connectivity index is 1.71. The van der Waals surface area contributed by atoms with Gasteiger partial charge in [-0.3, -0.25) is 9.78 Å². The lowest BCUT2D eigenvalue weighted by Gasteiger charge is -2.08. The minimum absolute atomic E-state index is 0.105. The molecule has 0 unspecified atom stereocenters. The highest BCUT2D eigenvalue weighted by atomic mass is 19.1. The summed E-state index contributed by atoms with van der Waals surface area (Å²) in [7, 11) is 1.94. The molecular formula is C23H20FN3O. The molecule has 0 radical (unpaired) electrons. The van der Waals surface area contributed by atoms with Crippen LogP contribution in [0.5, 0.6) is 0 Å². The molecule has 2 aromatic carbocycles. The number of carbonyl (C=O) groups excluding carboxylic acids is 1. The van der Waals surface area contributed by atoms with Crippen molar-refractivity contribution >= 4 is 16.6 Å². The van der Waals surface area contributed by atoms with E-state index in [4.69, 9.17) is 4.11 Å². The number of aromatic nitrogens is 3. The summed E-state index contributed by atoms with van der Waals surface area (Å²) >= 11 is 0.